The summed E-state index contributed by atoms with van der Waals surface area (Å²) in [5.74, 6) is 1.43. The zero-order chi connectivity index (χ0) is 20.8. The molecule has 2 aromatic carbocycles. The highest BCUT2D eigenvalue weighted by molar-refractivity contribution is 5.81. The van der Waals surface area contributed by atoms with Crippen LogP contribution in [0.15, 0.2) is 53.3 Å². The van der Waals surface area contributed by atoms with E-state index in [1.165, 1.54) is 0 Å². The van der Waals surface area contributed by atoms with Gasteiger partial charge in [0.2, 0.25) is 5.91 Å². The lowest BCUT2D eigenvalue weighted by molar-refractivity contribution is -0.132. The smallest absolute Gasteiger partial charge is 0.253 e. The van der Waals surface area contributed by atoms with E-state index >= 15 is 0 Å². The number of aromatic amines is 1. The van der Waals surface area contributed by atoms with E-state index in [0.717, 1.165) is 28.0 Å². The normalized spacial score (nSPS) is 10.7. The number of H-pyrrole nitrogens is 1. The fraction of sp³-hybridized carbons (Fsp3) is 0.304. The van der Waals surface area contributed by atoms with Crippen molar-refractivity contribution in [3.8, 4) is 11.5 Å². The summed E-state index contributed by atoms with van der Waals surface area (Å²) in [6, 6.07) is 15.0. The highest BCUT2D eigenvalue weighted by Gasteiger charge is 2.17. The van der Waals surface area contributed by atoms with Gasteiger partial charge in [0.1, 0.15) is 11.5 Å². The lowest BCUT2D eigenvalue weighted by atomic mass is 10.1. The Morgan fingerprint density at radius 3 is 2.52 bits per heavy atom. The topological polar surface area (TPSA) is 71.6 Å². The summed E-state index contributed by atoms with van der Waals surface area (Å²) in [4.78, 5) is 29.8. The van der Waals surface area contributed by atoms with Crippen LogP contribution in [0, 0.1) is 0 Å². The van der Waals surface area contributed by atoms with Crippen molar-refractivity contribution in [2.75, 3.05) is 13.7 Å². The van der Waals surface area contributed by atoms with Gasteiger partial charge in [0.15, 0.2) is 0 Å². The van der Waals surface area contributed by atoms with Gasteiger partial charge >= 0.3 is 0 Å². The van der Waals surface area contributed by atoms with Crippen LogP contribution in [0.2, 0.25) is 0 Å². The number of hydrogen-bond acceptors (Lipinski definition) is 4. The summed E-state index contributed by atoms with van der Waals surface area (Å²) in [7, 11) is 1.61. The first-order chi connectivity index (χ1) is 14.0. The van der Waals surface area contributed by atoms with Gasteiger partial charge < -0.3 is 19.4 Å². The summed E-state index contributed by atoms with van der Waals surface area (Å²) < 4.78 is 11.0. The number of ether oxygens (including phenoxy) is 2. The molecule has 29 heavy (non-hydrogen) atoms. The molecule has 6 nitrogen and oxygen atoms in total. The molecule has 0 aliphatic carbocycles. The van der Waals surface area contributed by atoms with Gasteiger partial charge in [-0.25, -0.2) is 0 Å². The van der Waals surface area contributed by atoms with Crippen LogP contribution in [-0.2, 0) is 17.9 Å². The average Bonchev–Trinajstić information content (AvgIpc) is 2.74. The largest absolute Gasteiger partial charge is 0.496 e. The molecule has 0 aliphatic rings. The van der Waals surface area contributed by atoms with Crippen molar-refractivity contribution in [3.63, 3.8) is 0 Å². The van der Waals surface area contributed by atoms with Crippen LogP contribution in [0.4, 0.5) is 0 Å². The third-order valence-corrected chi connectivity index (χ3v) is 4.77. The summed E-state index contributed by atoms with van der Waals surface area (Å²) in [6.45, 7) is 4.90. The van der Waals surface area contributed by atoms with Gasteiger partial charge in [-0.2, -0.15) is 0 Å². The van der Waals surface area contributed by atoms with Gasteiger partial charge in [0.25, 0.3) is 5.56 Å². The van der Waals surface area contributed by atoms with Crippen LogP contribution in [0.3, 0.4) is 0 Å². The van der Waals surface area contributed by atoms with Crippen LogP contribution in [-0.4, -0.2) is 29.5 Å². The standard InChI is InChI=1S/C23H26N2O4/c1-4-22(26)25(14-16-8-6-7-9-21(16)28-3)15-18-12-17-13-19(29-5-2)10-11-20(17)24-23(18)27/h6-13H,4-5,14-15H2,1-3H3,(H,24,27). The Morgan fingerprint density at radius 2 is 1.79 bits per heavy atom. The van der Waals surface area contributed by atoms with Crippen molar-refractivity contribution < 1.29 is 14.3 Å². The molecule has 1 heterocycles. The average molecular weight is 394 g/mol. The summed E-state index contributed by atoms with van der Waals surface area (Å²) in [6.07, 6.45) is 0.356. The highest BCUT2D eigenvalue weighted by Crippen LogP contribution is 2.22. The van der Waals surface area contributed by atoms with Crippen molar-refractivity contribution in [2.45, 2.75) is 33.4 Å². The van der Waals surface area contributed by atoms with Gasteiger partial charge in [-0.15, -0.1) is 0 Å². The molecule has 0 radical (unpaired) electrons. The van der Waals surface area contributed by atoms with Gasteiger partial charge in [0.05, 0.1) is 20.3 Å². The van der Waals surface area contributed by atoms with E-state index in [2.05, 4.69) is 4.98 Å². The van der Waals surface area contributed by atoms with E-state index in [4.69, 9.17) is 9.47 Å². The molecule has 0 atom stereocenters. The number of carbonyl (C=O) groups is 1. The Balaban J connectivity index is 1.94. The van der Waals surface area contributed by atoms with E-state index < -0.39 is 0 Å². The number of amides is 1. The van der Waals surface area contributed by atoms with Crippen molar-refractivity contribution in [3.05, 3.63) is 70.0 Å². The SMILES string of the molecule is CCOc1ccc2[nH]c(=O)c(CN(Cc3ccccc3OC)C(=O)CC)cc2c1. The number of para-hydroxylation sites is 1. The Bertz CT molecular complexity index is 1060. The minimum atomic E-state index is -0.199. The first-order valence-electron chi connectivity index (χ1n) is 9.74. The molecule has 3 aromatic rings. The van der Waals surface area contributed by atoms with Crippen LogP contribution < -0.4 is 15.0 Å². The summed E-state index contributed by atoms with van der Waals surface area (Å²) >= 11 is 0. The van der Waals surface area contributed by atoms with Crippen LogP contribution >= 0.6 is 0 Å². The lowest BCUT2D eigenvalue weighted by Crippen LogP contribution is -2.32. The maximum atomic E-state index is 12.6. The Hall–Kier alpha value is -3.28. The minimum Gasteiger partial charge on any atom is -0.496 e. The molecule has 0 fully saturated rings. The Kier molecular flexibility index (Phi) is 6.54. The Labute approximate surface area is 170 Å². The lowest BCUT2D eigenvalue weighted by Gasteiger charge is -2.23. The number of methoxy groups -OCH3 is 1. The molecule has 0 saturated heterocycles. The van der Waals surface area contributed by atoms with E-state index in [-0.39, 0.29) is 18.0 Å². The molecule has 0 unspecified atom stereocenters. The molecule has 6 heteroatoms. The molecule has 0 bridgehead atoms. The van der Waals surface area contributed by atoms with Gasteiger partial charge in [-0.05, 0) is 37.3 Å². The van der Waals surface area contributed by atoms with Crippen LogP contribution in [0.1, 0.15) is 31.4 Å². The second-order valence-electron chi connectivity index (χ2n) is 6.72. The van der Waals surface area contributed by atoms with Crippen molar-refractivity contribution in [1.29, 1.82) is 0 Å². The molecule has 152 valence electrons. The van der Waals surface area contributed by atoms with Crippen molar-refractivity contribution >= 4 is 16.8 Å². The fourth-order valence-corrected chi connectivity index (χ4v) is 3.30. The number of hydrogen-bond donors (Lipinski definition) is 1. The van der Waals surface area contributed by atoms with Gasteiger partial charge in [-0.1, -0.05) is 25.1 Å². The monoisotopic (exact) mass is 394 g/mol. The molecule has 0 spiro atoms. The molecule has 0 saturated carbocycles. The number of rotatable bonds is 8. The maximum Gasteiger partial charge on any atom is 0.253 e. The number of nitrogens with zero attached hydrogens (tertiary/aromatic N) is 1. The minimum absolute atomic E-state index is 0.0292. The maximum absolute atomic E-state index is 12.6. The molecule has 1 aromatic heterocycles. The first-order valence-corrected chi connectivity index (χ1v) is 9.74. The molecule has 0 aliphatic heterocycles. The molecule has 1 amide bonds. The van der Waals surface area contributed by atoms with E-state index in [1.807, 2.05) is 62.4 Å². The molecular weight excluding hydrogens is 368 g/mol. The molecule has 3 rings (SSSR count). The Morgan fingerprint density at radius 1 is 1.03 bits per heavy atom. The predicted octanol–water partition coefficient (Wildman–Crippen LogP) is 3.87. The van der Waals surface area contributed by atoms with Crippen LogP contribution in [0.25, 0.3) is 10.9 Å². The third kappa shape index (κ3) is 4.77. The second-order valence-corrected chi connectivity index (χ2v) is 6.72. The molecule has 1 N–H and O–H groups in total. The number of pyridine rings is 1. The first kappa shape index (κ1) is 20.5. The number of benzene rings is 2. The summed E-state index contributed by atoms with van der Waals surface area (Å²) in [5.41, 5.74) is 1.96. The van der Waals surface area contributed by atoms with Crippen LogP contribution in [0.5, 0.6) is 11.5 Å². The third-order valence-electron chi connectivity index (χ3n) is 4.77. The number of fused-ring (bicyclic) bond motifs is 1. The number of aromatic nitrogens is 1. The van der Waals surface area contributed by atoms with Crippen molar-refractivity contribution in [2.24, 2.45) is 0 Å². The van der Waals surface area contributed by atoms with E-state index in [1.54, 1.807) is 12.0 Å². The van der Waals surface area contributed by atoms with E-state index in [9.17, 15) is 9.59 Å². The summed E-state index contributed by atoms with van der Waals surface area (Å²) in [5, 5.41) is 0.867. The number of nitrogens with one attached hydrogen (secondary N) is 1. The van der Waals surface area contributed by atoms with Gasteiger partial charge in [0, 0.05) is 35.0 Å². The quantitative estimate of drug-likeness (QED) is 0.629. The highest BCUT2D eigenvalue weighted by atomic mass is 16.5. The predicted molar refractivity (Wildman–Crippen MR) is 113 cm³/mol. The van der Waals surface area contributed by atoms with Crippen molar-refractivity contribution in [1.82, 2.24) is 9.88 Å². The van der Waals surface area contributed by atoms with E-state index in [0.29, 0.717) is 25.1 Å². The zero-order valence-corrected chi connectivity index (χ0v) is 17.0. The fourth-order valence-electron chi connectivity index (χ4n) is 3.30. The second kappa shape index (κ2) is 9.28. The zero-order valence-electron chi connectivity index (χ0n) is 17.0. The number of carbonyl (C=O) groups excluding carboxylic acids is 1. The van der Waals surface area contributed by atoms with Gasteiger partial charge in [-0.3, -0.25) is 9.59 Å². The molecular formula is C23H26N2O4.